The van der Waals surface area contributed by atoms with Crippen molar-refractivity contribution in [2.75, 3.05) is 13.1 Å². The molecule has 0 aromatic heterocycles. The molecule has 0 saturated carbocycles. The first-order chi connectivity index (χ1) is 12.0. The number of rotatable bonds is 8. The van der Waals surface area contributed by atoms with Gasteiger partial charge in [0.25, 0.3) is 0 Å². The van der Waals surface area contributed by atoms with Crippen LogP contribution < -0.4 is 0 Å². The van der Waals surface area contributed by atoms with E-state index >= 15 is 0 Å². The van der Waals surface area contributed by atoms with E-state index < -0.39 is 10.0 Å². The van der Waals surface area contributed by atoms with Crippen molar-refractivity contribution in [2.24, 2.45) is 0 Å². The normalized spacial score (nSPS) is 11.7. The van der Waals surface area contributed by atoms with Gasteiger partial charge in [-0.3, -0.25) is 0 Å². The molecule has 0 unspecified atom stereocenters. The van der Waals surface area contributed by atoms with Crippen LogP contribution in [0.5, 0.6) is 0 Å². The minimum Gasteiger partial charge on any atom is -0.207 e. The second-order valence-electron chi connectivity index (χ2n) is 5.45. The molecule has 0 fully saturated rings. The predicted molar refractivity (Wildman–Crippen MR) is 105 cm³/mol. The maximum atomic E-state index is 12.7. The van der Waals surface area contributed by atoms with Crippen LogP contribution >= 0.6 is 11.8 Å². The lowest BCUT2D eigenvalue weighted by molar-refractivity contribution is 0.452. The molecule has 2 rings (SSSR count). The fourth-order valence-electron chi connectivity index (χ4n) is 2.16. The molecule has 0 amide bonds. The Hall–Kier alpha value is -2.00. The molecule has 0 heterocycles. The first-order valence-corrected chi connectivity index (χ1v) is 10.2. The number of terminal acetylenes is 1. The third kappa shape index (κ3) is 5.79. The Morgan fingerprint density at radius 3 is 2.44 bits per heavy atom. The fraction of sp³-hybridized carbons (Fsp3) is 0.200. The number of sulfonamides is 1. The number of nitrogens with zero attached hydrogens (tertiary/aromatic N) is 1. The molecule has 0 N–H and O–H groups in total. The summed E-state index contributed by atoms with van der Waals surface area (Å²) < 4.78 is 26.8. The second-order valence-corrected chi connectivity index (χ2v) is 8.36. The van der Waals surface area contributed by atoms with Crippen molar-refractivity contribution in [1.82, 2.24) is 4.31 Å². The average molecular weight is 372 g/mol. The van der Waals surface area contributed by atoms with Gasteiger partial charge in [0.05, 0.1) is 11.4 Å². The minimum atomic E-state index is -3.57. The molecule has 0 radical (unpaired) electrons. The van der Waals surface area contributed by atoms with Crippen molar-refractivity contribution in [2.45, 2.75) is 23.1 Å². The Balaban J connectivity index is 1.98. The van der Waals surface area contributed by atoms with Crippen molar-refractivity contribution in [1.29, 1.82) is 0 Å². The molecule has 0 aliphatic rings. The fourth-order valence-corrected chi connectivity index (χ4v) is 4.23. The van der Waals surface area contributed by atoms with Gasteiger partial charge in [0.2, 0.25) is 10.0 Å². The van der Waals surface area contributed by atoms with E-state index in [9.17, 15) is 8.42 Å². The van der Waals surface area contributed by atoms with Crippen LogP contribution in [0.15, 0.2) is 75.9 Å². The molecule has 25 heavy (non-hydrogen) atoms. The van der Waals surface area contributed by atoms with Crippen LogP contribution in [0.1, 0.15) is 12.0 Å². The van der Waals surface area contributed by atoms with Crippen LogP contribution in [-0.2, 0) is 10.0 Å². The van der Waals surface area contributed by atoms with Crippen LogP contribution in [0.4, 0.5) is 0 Å². The molecule has 0 atom stereocenters. The number of hydrogen-bond acceptors (Lipinski definition) is 3. The van der Waals surface area contributed by atoms with Gasteiger partial charge in [0.1, 0.15) is 0 Å². The molecule has 0 aliphatic carbocycles. The van der Waals surface area contributed by atoms with Gasteiger partial charge in [-0.15, -0.1) is 6.42 Å². The highest BCUT2D eigenvalue weighted by molar-refractivity contribution is 8.02. The zero-order chi connectivity index (χ0) is 18.1. The first-order valence-electron chi connectivity index (χ1n) is 7.91. The molecule has 5 heteroatoms. The molecule has 3 nitrogen and oxygen atoms in total. The summed E-state index contributed by atoms with van der Waals surface area (Å²) in [5, 5.41) is 1.97. The van der Waals surface area contributed by atoms with Gasteiger partial charge in [-0.2, -0.15) is 4.31 Å². The summed E-state index contributed by atoms with van der Waals surface area (Å²) in [6.07, 6.45) is 7.92. The highest BCUT2D eigenvalue weighted by Crippen LogP contribution is 2.19. The predicted octanol–water partition coefficient (Wildman–Crippen LogP) is 4.32. The van der Waals surface area contributed by atoms with Gasteiger partial charge in [-0.25, -0.2) is 8.42 Å². The van der Waals surface area contributed by atoms with E-state index in [-0.39, 0.29) is 11.4 Å². The summed E-state index contributed by atoms with van der Waals surface area (Å²) >= 11 is 1.60. The van der Waals surface area contributed by atoms with Crippen LogP contribution in [0.25, 0.3) is 0 Å². The zero-order valence-electron chi connectivity index (χ0n) is 14.1. The molecule has 0 aliphatic heterocycles. The topological polar surface area (TPSA) is 37.4 Å². The van der Waals surface area contributed by atoms with Crippen LogP contribution in [0, 0.1) is 19.3 Å². The standard InChI is InChI=1S/C20H21NO2S2/c1-3-15-21(25(22,23)20-13-11-18(2)12-14-20)16-7-8-17-24-19-9-5-4-6-10-19/h1,4-6,8-14,17H,7,15-16H2,2H3/b17-8+. The second kappa shape index (κ2) is 9.47. The van der Waals surface area contributed by atoms with Gasteiger partial charge < -0.3 is 0 Å². The molecule has 130 valence electrons. The Bertz CT molecular complexity index is 836. The van der Waals surface area contributed by atoms with E-state index in [1.54, 1.807) is 36.0 Å². The number of benzene rings is 2. The minimum absolute atomic E-state index is 0.0654. The molecule has 2 aromatic rings. The zero-order valence-corrected chi connectivity index (χ0v) is 15.8. The van der Waals surface area contributed by atoms with Gasteiger partial charge in [-0.05, 0) is 43.0 Å². The molecule has 0 bridgehead atoms. The van der Waals surface area contributed by atoms with Gasteiger partial charge in [-0.1, -0.05) is 59.7 Å². The smallest absolute Gasteiger partial charge is 0.207 e. The maximum absolute atomic E-state index is 12.7. The van der Waals surface area contributed by atoms with E-state index in [2.05, 4.69) is 5.92 Å². The van der Waals surface area contributed by atoms with Crippen molar-refractivity contribution in [3.63, 3.8) is 0 Å². The van der Waals surface area contributed by atoms with Gasteiger partial charge >= 0.3 is 0 Å². The van der Waals surface area contributed by atoms with E-state index in [4.69, 9.17) is 6.42 Å². The van der Waals surface area contributed by atoms with E-state index in [1.165, 1.54) is 4.31 Å². The Kier molecular flexibility index (Phi) is 7.32. The lowest BCUT2D eigenvalue weighted by Crippen LogP contribution is -2.32. The summed E-state index contributed by atoms with van der Waals surface area (Å²) in [6, 6.07) is 16.8. The van der Waals surface area contributed by atoms with Crippen molar-refractivity contribution < 1.29 is 8.42 Å². The molecular weight excluding hydrogens is 350 g/mol. The van der Waals surface area contributed by atoms with Gasteiger partial charge in [0.15, 0.2) is 0 Å². The van der Waals surface area contributed by atoms with E-state index in [1.807, 2.05) is 48.7 Å². The lowest BCUT2D eigenvalue weighted by Gasteiger charge is -2.19. The Morgan fingerprint density at radius 2 is 1.80 bits per heavy atom. The number of thioether (sulfide) groups is 1. The molecule has 2 aromatic carbocycles. The summed E-state index contributed by atoms with van der Waals surface area (Å²) in [6.45, 7) is 2.34. The van der Waals surface area contributed by atoms with E-state index in [0.717, 1.165) is 10.5 Å². The first kappa shape index (κ1) is 19.3. The van der Waals surface area contributed by atoms with Crippen molar-refractivity contribution in [3.8, 4) is 12.3 Å². The monoisotopic (exact) mass is 371 g/mol. The molecule has 0 saturated heterocycles. The largest absolute Gasteiger partial charge is 0.243 e. The maximum Gasteiger partial charge on any atom is 0.243 e. The Morgan fingerprint density at radius 1 is 1.12 bits per heavy atom. The average Bonchev–Trinajstić information content (AvgIpc) is 2.61. The van der Waals surface area contributed by atoms with Crippen molar-refractivity contribution >= 4 is 21.8 Å². The van der Waals surface area contributed by atoms with E-state index in [0.29, 0.717) is 13.0 Å². The van der Waals surface area contributed by atoms with Crippen LogP contribution in [0.2, 0.25) is 0 Å². The SMILES string of the molecule is C#CCN(CC/C=C/Sc1ccccc1)S(=O)(=O)c1ccc(C)cc1. The quantitative estimate of drug-likeness (QED) is 0.512. The molecule has 0 spiro atoms. The lowest BCUT2D eigenvalue weighted by atomic mass is 10.2. The summed E-state index contributed by atoms with van der Waals surface area (Å²) in [7, 11) is -3.57. The third-order valence-corrected chi connectivity index (χ3v) is 6.25. The van der Waals surface area contributed by atoms with Crippen LogP contribution in [-0.4, -0.2) is 25.8 Å². The highest BCUT2D eigenvalue weighted by atomic mass is 32.2. The summed E-state index contributed by atoms with van der Waals surface area (Å²) in [4.78, 5) is 1.42. The van der Waals surface area contributed by atoms with Gasteiger partial charge in [0, 0.05) is 11.4 Å². The number of hydrogen-bond donors (Lipinski definition) is 0. The molecular formula is C20H21NO2S2. The summed E-state index contributed by atoms with van der Waals surface area (Å²) in [5.74, 6) is 2.44. The van der Waals surface area contributed by atoms with Crippen LogP contribution in [0.3, 0.4) is 0 Å². The third-order valence-electron chi connectivity index (χ3n) is 3.52. The van der Waals surface area contributed by atoms with Crippen molar-refractivity contribution in [3.05, 3.63) is 71.6 Å². The summed E-state index contributed by atoms with van der Waals surface area (Å²) in [5.41, 5.74) is 1.02. The Labute approximate surface area is 154 Å². The number of aryl methyl sites for hydroxylation is 1. The highest BCUT2D eigenvalue weighted by Gasteiger charge is 2.22.